The lowest BCUT2D eigenvalue weighted by Crippen LogP contribution is -2.36. The second kappa shape index (κ2) is 16.7. The number of hydrogen-bond acceptors (Lipinski definition) is 6. The molecule has 36 heavy (non-hydrogen) atoms. The molecule has 6 nitrogen and oxygen atoms in total. The quantitative estimate of drug-likeness (QED) is 0.256. The Kier molecular flexibility index (Phi) is 14.4. The Bertz CT molecular complexity index is 615. The number of carbonyl (C=O) groups excluding carboxylic acids is 2. The topological polar surface area (TPSA) is 59.1 Å². The summed E-state index contributed by atoms with van der Waals surface area (Å²) in [5.74, 6) is 2.19. The first-order valence-electron chi connectivity index (χ1n) is 14.9. The van der Waals surface area contributed by atoms with Crippen molar-refractivity contribution in [2.75, 3.05) is 52.5 Å². The van der Waals surface area contributed by atoms with E-state index in [2.05, 4.69) is 44.4 Å². The molecule has 0 atom stereocenters. The Balaban J connectivity index is 1.45. The molecule has 2 rings (SSSR count). The maximum Gasteiger partial charge on any atom is 0.307 e. The largest absolute Gasteiger partial charge is 0.466 e. The molecule has 2 saturated heterocycles. The highest BCUT2D eigenvalue weighted by atomic mass is 16.5. The maximum atomic E-state index is 12.0. The zero-order valence-electron chi connectivity index (χ0n) is 24.2. The van der Waals surface area contributed by atoms with Crippen LogP contribution in [0, 0.1) is 23.2 Å². The summed E-state index contributed by atoms with van der Waals surface area (Å²) in [6, 6.07) is 0. The zero-order chi connectivity index (χ0) is 26.4. The molecule has 0 aromatic rings. The van der Waals surface area contributed by atoms with Gasteiger partial charge in [-0.2, -0.15) is 0 Å². The number of esters is 2. The van der Waals surface area contributed by atoms with Gasteiger partial charge in [0.05, 0.1) is 26.1 Å². The Hall–Kier alpha value is -1.14. The Morgan fingerprint density at radius 3 is 1.64 bits per heavy atom. The summed E-state index contributed by atoms with van der Waals surface area (Å²) in [5, 5.41) is 0. The number of nitrogens with zero attached hydrogens (tertiary/aromatic N) is 2. The van der Waals surface area contributed by atoms with Gasteiger partial charge in [0.2, 0.25) is 0 Å². The summed E-state index contributed by atoms with van der Waals surface area (Å²) in [6.07, 6.45) is 12.0. The lowest BCUT2D eigenvalue weighted by atomic mass is 9.87. The predicted molar refractivity (Wildman–Crippen MR) is 147 cm³/mol. The molecule has 0 aromatic carbocycles. The normalized spacial score (nSPS) is 19.1. The summed E-state index contributed by atoms with van der Waals surface area (Å²) in [6.45, 7) is 18.1. The van der Waals surface area contributed by atoms with Crippen LogP contribution in [0.4, 0.5) is 0 Å². The number of piperidine rings is 2. The minimum absolute atomic E-state index is 0.0418. The Morgan fingerprint density at radius 1 is 0.778 bits per heavy atom. The summed E-state index contributed by atoms with van der Waals surface area (Å²) in [7, 11) is 0. The number of likely N-dealkylation sites (tertiary alicyclic amines) is 2. The first kappa shape index (κ1) is 31.1. The Labute approximate surface area is 221 Å². The van der Waals surface area contributed by atoms with Crippen molar-refractivity contribution in [1.82, 2.24) is 9.80 Å². The third-order valence-corrected chi connectivity index (χ3v) is 7.98. The minimum Gasteiger partial charge on any atom is -0.466 e. The van der Waals surface area contributed by atoms with E-state index in [-0.39, 0.29) is 17.4 Å². The van der Waals surface area contributed by atoms with Gasteiger partial charge >= 0.3 is 11.9 Å². The SMILES string of the molecule is CC(C)CCOC(=O)CCN1CCC(CCCC2CCN(CCC(=O)OCCC(C)(C)C)CC2)CC1. The van der Waals surface area contributed by atoms with E-state index in [4.69, 9.17) is 9.47 Å². The summed E-state index contributed by atoms with van der Waals surface area (Å²) >= 11 is 0. The molecule has 0 radical (unpaired) electrons. The van der Waals surface area contributed by atoms with Gasteiger partial charge in [-0.15, -0.1) is 0 Å². The van der Waals surface area contributed by atoms with Crippen molar-refractivity contribution in [2.45, 2.75) is 105 Å². The summed E-state index contributed by atoms with van der Waals surface area (Å²) in [5.41, 5.74) is 0.212. The van der Waals surface area contributed by atoms with E-state index >= 15 is 0 Å². The van der Waals surface area contributed by atoms with E-state index in [1.165, 1.54) is 44.9 Å². The predicted octanol–water partition coefficient (Wildman–Crippen LogP) is 5.93. The number of hydrogen-bond donors (Lipinski definition) is 0. The fourth-order valence-electron chi connectivity index (χ4n) is 5.22. The lowest BCUT2D eigenvalue weighted by Gasteiger charge is -2.33. The third kappa shape index (κ3) is 14.6. The van der Waals surface area contributed by atoms with Crippen molar-refractivity contribution < 1.29 is 19.1 Å². The maximum absolute atomic E-state index is 12.0. The smallest absolute Gasteiger partial charge is 0.307 e. The molecule has 0 aliphatic carbocycles. The van der Waals surface area contributed by atoms with E-state index < -0.39 is 0 Å². The van der Waals surface area contributed by atoms with Crippen LogP contribution in [-0.4, -0.2) is 74.2 Å². The highest BCUT2D eigenvalue weighted by Gasteiger charge is 2.22. The monoisotopic (exact) mass is 508 g/mol. The molecule has 0 amide bonds. The van der Waals surface area contributed by atoms with Gasteiger partial charge in [-0.05, 0) is 87.9 Å². The van der Waals surface area contributed by atoms with Crippen LogP contribution < -0.4 is 0 Å². The molecule has 0 N–H and O–H groups in total. The van der Waals surface area contributed by atoms with Crippen LogP contribution in [0.2, 0.25) is 0 Å². The highest BCUT2D eigenvalue weighted by Crippen LogP contribution is 2.27. The number of rotatable bonds is 15. The Morgan fingerprint density at radius 2 is 1.22 bits per heavy atom. The molecule has 2 heterocycles. The molecule has 2 aliphatic rings. The fraction of sp³-hybridized carbons (Fsp3) is 0.933. The van der Waals surface area contributed by atoms with Gasteiger partial charge in [-0.3, -0.25) is 9.59 Å². The molecule has 2 aliphatic heterocycles. The first-order valence-corrected chi connectivity index (χ1v) is 14.9. The fourth-order valence-corrected chi connectivity index (χ4v) is 5.22. The van der Waals surface area contributed by atoms with Gasteiger partial charge in [0.1, 0.15) is 0 Å². The van der Waals surface area contributed by atoms with E-state index in [1.807, 2.05) is 0 Å². The van der Waals surface area contributed by atoms with Crippen molar-refractivity contribution in [3.63, 3.8) is 0 Å². The van der Waals surface area contributed by atoms with Gasteiger partial charge in [0.25, 0.3) is 0 Å². The first-order chi connectivity index (χ1) is 17.1. The van der Waals surface area contributed by atoms with Crippen LogP contribution in [0.3, 0.4) is 0 Å². The van der Waals surface area contributed by atoms with E-state index in [0.717, 1.165) is 63.9 Å². The van der Waals surface area contributed by atoms with E-state index in [1.54, 1.807) is 0 Å². The second-order valence-corrected chi connectivity index (χ2v) is 12.9. The van der Waals surface area contributed by atoms with Crippen LogP contribution >= 0.6 is 0 Å². The molecule has 6 heteroatoms. The van der Waals surface area contributed by atoms with E-state index in [0.29, 0.717) is 32.0 Å². The molecule has 2 fully saturated rings. The van der Waals surface area contributed by atoms with Crippen LogP contribution in [0.25, 0.3) is 0 Å². The van der Waals surface area contributed by atoms with Gasteiger partial charge < -0.3 is 19.3 Å². The third-order valence-electron chi connectivity index (χ3n) is 7.98. The summed E-state index contributed by atoms with van der Waals surface area (Å²) < 4.78 is 10.7. The van der Waals surface area contributed by atoms with Crippen LogP contribution in [-0.2, 0) is 19.1 Å². The molecule has 0 spiro atoms. The van der Waals surface area contributed by atoms with Crippen LogP contribution in [0.15, 0.2) is 0 Å². The van der Waals surface area contributed by atoms with Gasteiger partial charge in [-0.1, -0.05) is 53.9 Å². The van der Waals surface area contributed by atoms with Crippen LogP contribution in [0.5, 0.6) is 0 Å². The average molecular weight is 509 g/mol. The molecule has 0 unspecified atom stereocenters. The van der Waals surface area contributed by atoms with Gasteiger partial charge in [0.15, 0.2) is 0 Å². The molecular weight excluding hydrogens is 452 g/mol. The van der Waals surface area contributed by atoms with Crippen LogP contribution in [0.1, 0.15) is 105 Å². The summed E-state index contributed by atoms with van der Waals surface area (Å²) in [4.78, 5) is 28.8. The van der Waals surface area contributed by atoms with E-state index in [9.17, 15) is 9.59 Å². The standard InChI is InChI=1S/C30H56N2O4/c1-25(2)15-23-35-28(33)13-21-31-17-9-26(10-18-31)7-6-8-27-11-19-32(20-12-27)22-14-29(34)36-24-16-30(3,4)5/h25-27H,6-24H2,1-5H3. The number of ether oxygens (including phenoxy) is 2. The average Bonchev–Trinajstić information content (AvgIpc) is 2.82. The van der Waals surface area contributed by atoms with Crippen molar-refractivity contribution in [3.05, 3.63) is 0 Å². The molecule has 0 bridgehead atoms. The molecular formula is C30H56N2O4. The second-order valence-electron chi connectivity index (χ2n) is 12.9. The van der Waals surface area contributed by atoms with Crippen molar-refractivity contribution in [1.29, 1.82) is 0 Å². The van der Waals surface area contributed by atoms with Crippen molar-refractivity contribution in [2.24, 2.45) is 23.2 Å². The highest BCUT2D eigenvalue weighted by molar-refractivity contribution is 5.69. The van der Waals surface area contributed by atoms with Gasteiger partial charge in [0, 0.05) is 13.1 Å². The van der Waals surface area contributed by atoms with Crippen molar-refractivity contribution in [3.8, 4) is 0 Å². The van der Waals surface area contributed by atoms with Crippen molar-refractivity contribution >= 4 is 11.9 Å². The molecule has 210 valence electrons. The van der Waals surface area contributed by atoms with Gasteiger partial charge in [-0.25, -0.2) is 0 Å². The molecule has 0 saturated carbocycles. The zero-order valence-corrected chi connectivity index (χ0v) is 24.2. The minimum atomic E-state index is -0.0472. The number of carbonyl (C=O) groups is 2. The molecule has 0 aromatic heterocycles. The lowest BCUT2D eigenvalue weighted by molar-refractivity contribution is -0.145.